The molecule has 6 nitrogen and oxygen atoms in total. The van der Waals surface area contributed by atoms with Crippen LogP contribution in [0.5, 0.6) is 0 Å². The highest BCUT2D eigenvalue weighted by Crippen LogP contribution is 2.31. The molecule has 114 valence electrons. The van der Waals surface area contributed by atoms with Gasteiger partial charge in [-0.25, -0.2) is 13.1 Å². The van der Waals surface area contributed by atoms with Crippen LogP contribution in [0.2, 0.25) is 0 Å². The van der Waals surface area contributed by atoms with Gasteiger partial charge in [0.15, 0.2) is 20.6 Å². The Labute approximate surface area is 125 Å². The predicted octanol–water partition coefficient (Wildman–Crippen LogP) is 1.62. The Morgan fingerprint density at radius 3 is 2.33 bits per heavy atom. The molecule has 1 aromatic carbocycles. The average molecular weight is 308 g/mol. The number of sulfone groups is 1. The smallest absolute Gasteiger partial charge is 0.182 e. The van der Waals surface area contributed by atoms with Gasteiger partial charge in [0.05, 0.1) is 5.69 Å². The minimum absolute atomic E-state index is 0.0763. The molecule has 0 amide bonds. The Bertz CT molecular complexity index is 748. The molecule has 0 aliphatic heterocycles. The maximum atomic E-state index is 12.0. The van der Waals surface area contributed by atoms with Gasteiger partial charge in [-0.15, -0.1) is 5.10 Å². The largest absolute Gasteiger partial charge is 0.382 e. The molecule has 2 N–H and O–H groups in total. The number of aromatic nitrogens is 2. The maximum Gasteiger partial charge on any atom is 0.182 e. The topological polar surface area (TPSA) is 81.2 Å². The van der Waals surface area contributed by atoms with Gasteiger partial charge in [-0.1, -0.05) is 17.7 Å². The summed E-state index contributed by atoms with van der Waals surface area (Å²) in [5.41, 5.74) is 7.89. The van der Waals surface area contributed by atoms with Crippen LogP contribution >= 0.6 is 0 Å². The fourth-order valence-corrected chi connectivity index (χ4v) is 3.04. The van der Waals surface area contributed by atoms with Crippen molar-refractivity contribution < 1.29 is 8.42 Å². The first-order valence-electron chi connectivity index (χ1n) is 6.62. The van der Waals surface area contributed by atoms with Crippen LogP contribution in [-0.4, -0.2) is 38.0 Å². The normalized spacial score (nSPS) is 11.6. The summed E-state index contributed by atoms with van der Waals surface area (Å²) < 4.78 is 25.5. The lowest BCUT2D eigenvalue weighted by Crippen LogP contribution is -2.19. The Morgan fingerprint density at radius 1 is 1.29 bits per heavy atom. The molecular formula is C14H20N4O2S. The van der Waals surface area contributed by atoms with Crippen molar-refractivity contribution in [3.63, 3.8) is 0 Å². The van der Waals surface area contributed by atoms with Crippen LogP contribution in [-0.2, 0) is 9.84 Å². The highest BCUT2D eigenvalue weighted by atomic mass is 32.2. The summed E-state index contributed by atoms with van der Waals surface area (Å²) in [7, 11) is -1.68. The number of hydrogen-bond acceptors (Lipinski definition) is 5. The zero-order valence-corrected chi connectivity index (χ0v) is 13.5. The van der Waals surface area contributed by atoms with Crippen molar-refractivity contribution in [3.05, 3.63) is 29.8 Å². The average Bonchev–Trinajstić information content (AvgIpc) is 2.76. The van der Waals surface area contributed by atoms with E-state index in [1.165, 1.54) is 4.68 Å². The highest BCUT2D eigenvalue weighted by Gasteiger charge is 2.26. The van der Waals surface area contributed by atoms with Crippen LogP contribution in [0.25, 0.3) is 5.69 Å². The molecule has 0 saturated carbocycles. The molecular weight excluding hydrogens is 288 g/mol. The molecule has 0 spiro atoms. The van der Waals surface area contributed by atoms with E-state index in [-0.39, 0.29) is 10.7 Å². The van der Waals surface area contributed by atoms with Gasteiger partial charge in [0.25, 0.3) is 0 Å². The second kappa shape index (κ2) is 5.40. The molecule has 1 heterocycles. The molecule has 0 saturated heterocycles. The number of rotatable bonds is 4. The van der Waals surface area contributed by atoms with Crippen LogP contribution < -0.4 is 10.6 Å². The number of benzene rings is 1. The van der Waals surface area contributed by atoms with Crippen molar-refractivity contribution in [2.45, 2.75) is 18.7 Å². The monoisotopic (exact) mass is 308 g/mol. The van der Waals surface area contributed by atoms with E-state index in [1.807, 2.05) is 38.1 Å². The van der Waals surface area contributed by atoms with Crippen molar-refractivity contribution in [1.29, 1.82) is 0 Å². The minimum atomic E-state index is -3.46. The van der Waals surface area contributed by atoms with E-state index in [0.29, 0.717) is 12.4 Å². The third kappa shape index (κ3) is 2.87. The van der Waals surface area contributed by atoms with Crippen molar-refractivity contribution in [1.82, 2.24) is 9.78 Å². The van der Waals surface area contributed by atoms with Crippen LogP contribution in [0, 0.1) is 6.92 Å². The van der Waals surface area contributed by atoms with Gasteiger partial charge in [0, 0.05) is 19.8 Å². The van der Waals surface area contributed by atoms with Gasteiger partial charge in [0.2, 0.25) is 0 Å². The molecule has 0 aliphatic carbocycles. The molecule has 0 aliphatic rings. The lowest BCUT2D eigenvalue weighted by molar-refractivity contribution is 0.602. The summed E-state index contributed by atoms with van der Waals surface area (Å²) >= 11 is 0. The minimum Gasteiger partial charge on any atom is -0.382 e. The molecule has 0 fully saturated rings. The quantitative estimate of drug-likeness (QED) is 0.928. The lowest BCUT2D eigenvalue weighted by Gasteiger charge is -2.14. The Hall–Kier alpha value is -2.02. The Morgan fingerprint density at radius 2 is 1.86 bits per heavy atom. The summed E-state index contributed by atoms with van der Waals surface area (Å²) in [6.07, 6.45) is 1.15. The summed E-state index contributed by atoms with van der Waals surface area (Å²) in [4.78, 5) is 1.84. The molecule has 0 unspecified atom stereocenters. The van der Waals surface area contributed by atoms with Gasteiger partial charge in [-0.2, -0.15) is 0 Å². The van der Waals surface area contributed by atoms with E-state index < -0.39 is 9.84 Å². The van der Waals surface area contributed by atoms with Crippen molar-refractivity contribution >= 4 is 21.5 Å². The van der Waals surface area contributed by atoms with Crippen molar-refractivity contribution in [3.8, 4) is 5.69 Å². The molecule has 0 bridgehead atoms. The zero-order valence-electron chi connectivity index (χ0n) is 12.7. The van der Waals surface area contributed by atoms with E-state index in [2.05, 4.69) is 5.10 Å². The van der Waals surface area contributed by atoms with E-state index in [1.54, 1.807) is 11.9 Å². The standard InChI is InChI=1S/C14H20N4O2S/c1-5-17(3)14-12(21(4,19)20)13(15)18(16-14)11-8-6-10(2)7-9-11/h6-9H,5,15H2,1-4H3. The van der Waals surface area contributed by atoms with Crippen LogP contribution in [0.1, 0.15) is 12.5 Å². The molecule has 0 atom stereocenters. The van der Waals surface area contributed by atoms with Gasteiger partial charge >= 0.3 is 0 Å². The van der Waals surface area contributed by atoms with Gasteiger partial charge in [0.1, 0.15) is 5.82 Å². The molecule has 21 heavy (non-hydrogen) atoms. The fourth-order valence-electron chi connectivity index (χ4n) is 2.04. The van der Waals surface area contributed by atoms with E-state index in [0.717, 1.165) is 17.5 Å². The zero-order chi connectivity index (χ0) is 15.8. The van der Waals surface area contributed by atoms with Crippen LogP contribution in [0.4, 0.5) is 11.6 Å². The van der Waals surface area contributed by atoms with E-state index in [4.69, 9.17) is 5.73 Å². The number of anilines is 2. The van der Waals surface area contributed by atoms with Gasteiger partial charge in [-0.3, -0.25) is 0 Å². The molecule has 1 aromatic heterocycles. The first kappa shape index (κ1) is 15.4. The second-order valence-corrected chi connectivity index (χ2v) is 7.02. The summed E-state index contributed by atoms with van der Waals surface area (Å²) in [6.45, 7) is 4.54. The molecule has 0 radical (unpaired) electrons. The highest BCUT2D eigenvalue weighted by molar-refractivity contribution is 7.91. The summed E-state index contributed by atoms with van der Waals surface area (Å²) in [5.74, 6) is 0.509. The second-order valence-electron chi connectivity index (χ2n) is 5.07. The van der Waals surface area contributed by atoms with Gasteiger partial charge in [-0.05, 0) is 26.0 Å². The van der Waals surface area contributed by atoms with E-state index >= 15 is 0 Å². The van der Waals surface area contributed by atoms with Crippen LogP contribution in [0.3, 0.4) is 0 Å². The van der Waals surface area contributed by atoms with Crippen molar-refractivity contribution in [2.24, 2.45) is 0 Å². The summed E-state index contributed by atoms with van der Waals surface area (Å²) in [5, 5.41) is 4.39. The van der Waals surface area contributed by atoms with E-state index in [9.17, 15) is 8.42 Å². The molecule has 2 aromatic rings. The van der Waals surface area contributed by atoms with Crippen LogP contribution in [0.15, 0.2) is 29.2 Å². The number of hydrogen-bond donors (Lipinski definition) is 1. The number of aryl methyl sites for hydroxylation is 1. The number of nitrogens with zero attached hydrogens (tertiary/aromatic N) is 3. The fraction of sp³-hybridized carbons (Fsp3) is 0.357. The summed E-state index contributed by atoms with van der Waals surface area (Å²) in [6, 6.07) is 7.58. The van der Waals surface area contributed by atoms with Crippen molar-refractivity contribution in [2.75, 3.05) is 30.5 Å². The first-order chi connectivity index (χ1) is 9.75. The van der Waals surface area contributed by atoms with Gasteiger partial charge < -0.3 is 10.6 Å². The third-order valence-electron chi connectivity index (χ3n) is 3.34. The lowest BCUT2D eigenvalue weighted by atomic mass is 10.2. The number of nitrogen functional groups attached to an aromatic ring is 1. The number of nitrogens with two attached hydrogens (primary N) is 1. The molecule has 7 heteroatoms. The molecule has 2 rings (SSSR count). The predicted molar refractivity (Wildman–Crippen MR) is 84.8 cm³/mol. The third-order valence-corrected chi connectivity index (χ3v) is 4.48. The SMILES string of the molecule is CCN(C)c1nn(-c2ccc(C)cc2)c(N)c1S(C)(=O)=O. The Balaban J connectivity index is 2.70. The maximum absolute atomic E-state index is 12.0. The first-order valence-corrected chi connectivity index (χ1v) is 8.51. The Kier molecular flexibility index (Phi) is 3.95.